The maximum absolute atomic E-state index is 12.8. The Hall–Kier alpha value is -2.48. The summed E-state index contributed by atoms with van der Waals surface area (Å²) >= 11 is 0.972. The molecule has 0 unspecified atom stereocenters. The van der Waals surface area contributed by atoms with Gasteiger partial charge in [0, 0.05) is 0 Å². The fraction of sp³-hybridized carbons (Fsp3) is 0.154. The number of benzene rings is 1. The smallest absolute Gasteiger partial charge is 0.266 e. The summed E-state index contributed by atoms with van der Waals surface area (Å²) in [6, 6.07) is 5.32. The van der Waals surface area contributed by atoms with Crippen LogP contribution < -0.4 is 15.8 Å². The summed E-state index contributed by atoms with van der Waals surface area (Å²) in [7, 11) is 0. The molecule has 6 nitrogen and oxygen atoms in total. The molecule has 2 aromatic rings. The molecule has 110 valence electrons. The lowest BCUT2D eigenvalue weighted by molar-refractivity contribution is -0.122. The van der Waals surface area contributed by atoms with Gasteiger partial charge in [0.15, 0.2) is 11.2 Å². The van der Waals surface area contributed by atoms with Gasteiger partial charge in [-0.05, 0) is 31.2 Å². The van der Waals surface area contributed by atoms with Crippen LogP contribution in [-0.4, -0.2) is 22.9 Å². The van der Waals surface area contributed by atoms with E-state index in [2.05, 4.69) is 10.3 Å². The Bertz CT molecular complexity index is 657. The third-order valence-corrected chi connectivity index (χ3v) is 3.40. The van der Waals surface area contributed by atoms with E-state index in [4.69, 9.17) is 10.5 Å². The van der Waals surface area contributed by atoms with Gasteiger partial charge < -0.3 is 10.5 Å². The van der Waals surface area contributed by atoms with Crippen LogP contribution in [0.1, 0.15) is 16.6 Å². The van der Waals surface area contributed by atoms with Gasteiger partial charge in [-0.15, -0.1) is 0 Å². The number of carbonyl (C=O) groups excluding carboxylic acids is 2. The maximum Gasteiger partial charge on any atom is 0.266 e. The lowest BCUT2D eigenvalue weighted by atomic mass is 10.3. The summed E-state index contributed by atoms with van der Waals surface area (Å²) in [5.74, 6) is -1.06. The monoisotopic (exact) mass is 309 g/mol. The first-order chi connectivity index (χ1) is 9.95. The average molecular weight is 309 g/mol. The number of amides is 2. The molecule has 0 radical (unpaired) electrons. The number of halogens is 1. The van der Waals surface area contributed by atoms with E-state index in [1.54, 1.807) is 6.92 Å². The molecule has 0 saturated heterocycles. The van der Waals surface area contributed by atoms with Gasteiger partial charge in [0.2, 0.25) is 0 Å². The Labute approximate surface area is 123 Å². The van der Waals surface area contributed by atoms with E-state index in [1.807, 2.05) is 0 Å². The second-order valence-electron chi connectivity index (χ2n) is 4.10. The van der Waals surface area contributed by atoms with Crippen molar-refractivity contribution in [3.63, 3.8) is 0 Å². The summed E-state index contributed by atoms with van der Waals surface area (Å²) in [5.41, 5.74) is 5.10. The van der Waals surface area contributed by atoms with E-state index in [-0.39, 0.29) is 15.8 Å². The van der Waals surface area contributed by atoms with E-state index in [9.17, 15) is 14.0 Å². The fourth-order valence-corrected chi connectivity index (χ4v) is 2.09. The van der Waals surface area contributed by atoms with Crippen molar-refractivity contribution in [3.8, 4) is 5.75 Å². The van der Waals surface area contributed by atoms with Crippen molar-refractivity contribution in [2.24, 2.45) is 5.73 Å². The van der Waals surface area contributed by atoms with Crippen molar-refractivity contribution in [3.05, 3.63) is 41.2 Å². The second kappa shape index (κ2) is 6.31. The number of rotatable bonds is 5. The molecule has 0 saturated carbocycles. The van der Waals surface area contributed by atoms with Crippen LogP contribution in [0, 0.1) is 5.82 Å². The second-order valence-corrected chi connectivity index (χ2v) is 5.13. The normalized spacial score (nSPS) is 11.7. The van der Waals surface area contributed by atoms with Crippen molar-refractivity contribution in [1.29, 1.82) is 0 Å². The van der Waals surface area contributed by atoms with E-state index < -0.39 is 17.9 Å². The highest BCUT2D eigenvalue weighted by Gasteiger charge is 2.17. The largest absolute Gasteiger partial charge is 0.481 e. The number of nitrogens with one attached hydrogen (secondary N) is 1. The number of anilines is 1. The lowest BCUT2D eigenvalue weighted by Gasteiger charge is -2.13. The third-order valence-electron chi connectivity index (χ3n) is 2.47. The number of nitrogens with zero attached hydrogens (tertiary/aromatic N) is 1. The predicted octanol–water partition coefficient (Wildman–Crippen LogP) is 1.79. The van der Waals surface area contributed by atoms with Crippen LogP contribution in [0.4, 0.5) is 9.52 Å². The van der Waals surface area contributed by atoms with Crippen molar-refractivity contribution in [2.75, 3.05) is 5.32 Å². The highest BCUT2D eigenvalue weighted by atomic mass is 32.1. The molecule has 0 aliphatic carbocycles. The molecule has 21 heavy (non-hydrogen) atoms. The van der Waals surface area contributed by atoms with Gasteiger partial charge in [-0.25, -0.2) is 9.37 Å². The van der Waals surface area contributed by atoms with Gasteiger partial charge in [0.25, 0.3) is 11.8 Å². The molecule has 1 atom stereocenters. The highest BCUT2D eigenvalue weighted by Crippen LogP contribution is 2.18. The first-order valence-corrected chi connectivity index (χ1v) is 6.76. The standard InChI is InChI=1S/C13H12FN3O3S/c1-7(20-9-4-2-8(14)3-5-9)12(19)17-13-16-6-10(21-13)11(15)18/h2-7H,1H3,(H2,15,18)(H,16,17,19)/t7-/m1/s1. The molecule has 8 heteroatoms. The molecule has 2 amide bonds. The molecule has 0 aliphatic heterocycles. The van der Waals surface area contributed by atoms with Gasteiger partial charge in [-0.2, -0.15) is 0 Å². The summed E-state index contributed by atoms with van der Waals surface area (Å²) < 4.78 is 18.1. The summed E-state index contributed by atoms with van der Waals surface area (Å²) in [6.45, 7) is 1.54. The van der Waals surface area contributed by atoms with Crippen LogP contribution in [0.5, 0.6) is 5.75 Å². The van der Waals surface area contributed by atoms with Gasteiger partial charge in [0.1, 0.15) is 16.4 Å². The van der Waals surface area contributed by atoms with Crippen LogP contribution >= 0.6 is 11.3 Å². The van der Waals surface area contributed by atoms with Gasteiger partial charge >= 0.3 is 0 Å². The molecule has 1 aromatic carbocycles. The molecule has 0 fully saturated rings. The zero-order valence-electron chi connectivity index (χ0n) is 11.0. The SMILES string of the molecule is C[C@@H](Oc1ccc(F)cc1)C(=O)Nc1ncc(C(N)=O)s1. The predicted molar refractivity (Wildman–Crippen MR) is 75.8 cm³/mol. The minimum atomic E-state index is -0.809. The molecule has 3 N–H and O–H groups in total. The van der Waals surface area contributed by atoms with Crippen LogP contribution in [0.3, 0.4) is 0 Å². The Morgan fingerprint density at radius 2 is 2.05 bits per heavy atom. The molecular weight excluding hydrogens is 297 g/mol. The molecule has 2 rings (SSSR count). The van der Waals surface area contributed by atoms with Gasteiger partial charge in [0.05, 0.1) is 6.20 Å². The minimum absolute atomic E-state index is 0.248. The topological polar surface area (TPSA) is 94.3 Å². The van der Waals surface area contributed by atoms with Crippen molar-refractivity contribution in [1.82, 2.24) is 4.98 Å². The highest BCUT2D eigenvalue weighted by molar-refractivity contribution is 7.17. The summed E-state index contributed by atoms with van der Waals surface area (Å²) in [4.78, 5) is 26.9. The first-order valence-electron chi connectivity index (χ1n) is 5.94. The lowest BCUT2D eigenvalue weighted by Crippen LogP contribution is -2.30. The number of hydrogen-bond acceptors (Lipinski definition) is 5. The van der Waals surface area contributed by atoms with Crippen LogP contribution in [0.15, 0.2) is 30.5 Å². The van der Waals surface area contributed by atoms with Crippen LogP contribution in [-0.2, 0) is 4.79 Å². The van der Waals surface area contributed by atoms with E-state index in [0.717, 1.165) is 11.3 Å². The number of aromatic nitrogens is 1. The van der Waals surface area contributed by atoms with Crippen molar-refractivity contribution in [2.45, 2.75) is 13.0 Å². The van der Waals surface area contributed by atoms with E-state index >= 15 is 0 Å². The Kier molecular flexibility index (Phi) is 4.49. The maximum atomic E-state index is 12.8. The average Bonchev–Trinajstić information content (AvgIpc) is 2.90. The molecule has 0 bridgehead atoms. The molecule has 1 heterocycles. The molecule has 0 spiro atoms. The van der Waals surface area contributed by atoms with Crippen LogP contribution in [0.25, 0.3) is 0 Å². The minimum Gasteiger partial charge on any atom is -0.481 e. The quantitative estimate of drug-likeness (QED) is 0.880. The molecule has 0 aliphatic rings. The van der Waals surface area contributed by atoms with E-state index in [1.165, 1.54) is 30.5 Å². The van der Waals surface area contributed by atoms with Crippen LogP contribution in [0.2, 0.25) is 0 Å². The zero-order chi connectivity index (χ0) is 15.4. The summed E-state index contributed by atoms with van der Waals surface area (Å²) in [5, 5.41) is 2.76. The molecular formula is C13H12FN3O3S. The van der Waals surface area contributed by atoms with E-state index in [0.29, 0.717) is 5.75 Å². The first kappa shape index (κ1) is 14.9. The van der Waals surface area contributed by atoms with Gasteiger partial charge in [-0.1, -0.05) is 11.3 Å². The molecule has 1 aromatic heterocycles. The number of nitrogens with two attached hydrogens (primary N) is 1. The number of carbonyl (C=O) groups is 2. The Morgan fingerprint density at radius 3 is 2.62 bits per heavy atom. The number of primary amides is 1. The Morgan fingerprint density at radius 1 is 1.38 bits per heavy atom. The third kappa shape index (κ3) is 3.99. The number of thiazole rings is 1. The summed E-state index contributed by atoms with van der Waals surface area (Å²) in [6.07, 6.45) is 0.477. The number of hydrogen-bond donors (Lipinski definition) is 2. The Balaban J connectivity index is 1.95. The van der Waals surface area contributed by atoms with Crippen molar-refractivity contribution < 1.29 is 18.7 Å². The zero-order valence-corrected chi connectivity index (χ0v) is 11.8. The number of ether oxygens (including phenoxy) is 1. The van der Waals surface area contributed by atoms with Crippen molar-refractivity contribution >= 4 is 28.3 Å². The van der Waals surface area contributed by atoms with Gasteiger partial charge in [-0.3, -0.25) is 14.9 Å². The fourth-order valence-electron chi connectivity index (χ4n) is 1.42.